The molecule has 144 valence electrons. The van der Waals surface area contributed by atoms with Gasteiger partial charge in [-0.2, -0.15) is 13.2 Å². The van der Waals surface area contributed by atoms with Crippen molar-refractivity contribution < 1.29 is 18.0 Å². The second-order valence-electron chi connectivity index (χ2n) is 6.29. The van der Waals surface area contributed by atoms with Crippen LogP contribution in [0.15, 0.2) is 48.5 Å². The zero-order valence-electron chi connectivity index (χ0n) is 15.0. The van der Waals surface area contributed by atoms with Gasteiger partial charge in [-0.3, -0.25) is 4.79 Å². The van der Waals surface area contributed by atoms with E-state index in [2.05, 4.69) is 5.32 Å². The second-order valence-corrected chi connectivity index (χ2v) is 6.70. The van der Waals surface area contributed by atoms with E-state index in [1.807, 2.05) is 43.3 Å². The summed E-state index contributed by atoms with van der Waals surface area (Å²) >= 11 is 5.59. The number of hydrogen-bond acceptors (Lipinski definition) is 2. The Morgan fingerprint density at radius 2 is 1.81 bits per heavy atom. The van der Waals surface area contributed by atoms with Crippen molar-refractivity contribution >= 4 is 23.6 Å². The van der Waals surface area contributed by atoms with Crippen molar-refractivity contribution in [2.24, 2.45) is 0 Å². The number of alkyl halides is 3. The van der Waals surface area contributed by atoms with E-state index in [-0.39, 0.29) is 10.6 Å². The van der Waals surface area contributed by atoms with Gasteiger partial charge in [-0.15, -0.1) is 0 Å². The van der Waals surface area contributed by atoms with Crippen LogP contribution >= 0.6 is 11.6 Å². The third-order valence-corrected chi connectivity index (χ3v) is 4.11. The maximum absolute atomic E-state index is 12.9. The standard InChI is InChI=1S/C20H20ClF3N2O/c1-26(2)13-16-6-4-3-5-15(16)12-25-19(27)10-8-14-7-9-18(21)17(11-14)20(22,23)24/h3-11H,12-13H2,1-2H3,(H,25,27)/b10-8+. The molecule has 0 aliphatic rings. The number of carbonyl (C=O) groups is 1. The molecule has 3 nitrogen and oxygen atoms in total. The molecule has 0 spiro atoms. The molecule has 7 heteroatoms. The van der Waals surface area contributed by atoms with E-state index in [1.54, 1.807) is 0 Å². The van der Waals surface area contributed by atoms with Crippen LogP contribution in [0.5, 0.6) is 0 Å². The molecule has 0 bridgehead atoms. The first-order chi connectivity index (χ1) is 12.7. The predicted octanol–water partition coefficient (Wildman–Crippen LogP) is 4.75. The van der Waals surface area contributed by atoms with Gasteiger partial charge in [-0.05, 0) is 49.0 Å². The molecule has 2 aromatic carbocycles. The van der Waals surface area contributed by atoms with Crippen LogP contribution in [0.3, 0.4) is 0 Å². The Labute approximate surface area is 161 Å². The molecule has 0 heterocycles. The molecule has 1 N–H and O–H groups in total. The number of rotatable bonds is 6. The molecule has 0 aliphatic carbocycles. The van der Waals surface area contributed by atoms with Gasteiger partial charge in [0.25, 0.3) is 0 Å². The highest BCUT2D eigenvalue weighted by molar-refractivity contribution is 6.31. The van der Waals surface area contributed by atoms with Crippen LogP contribution in [0, 0.1) is 0 Å². The minimum Gasteiger partial charge on any atom is -0.348 e. The average molecular weight is 397 g/mol. The molecule has 1 amide bonds. The number of hydrogen-bond donors (Lipinski definition) is 1. The molecule has 0 saturated heterocycles. The number of nitrogens with one attached hydrogen (secondary N) is 1. The smallest absolute Gasteiger partial charge is 0.348 e. The van der Waals surface area contributed by atoms with E-state index >= 15 is 0 Å². The number of amides is 1. The Kier molecular flexibility index (Phi) is 7.05. The average Bonchev–Trinajstić information content (AvgIpc) is 2.58. The Morgan fingerprint density at radius 3 is 2.44 bits per heavy atom. The van der Waals surface area contributed by atoms with Crippen molar-refractivity contribution in [3.63, 3.8) is 0 Å². The van der Waals surface area contributed by atoms with Gasteiger partial charge < -0.3 is 10.2 Å². The van der Waals surface area contributed by atoms with Crippen molar-refractivity contribution in [1.29, 1.82) is 0 Å². The van der Waals surface area contributed by atoms with Gasteiger partial charge in [0, 0.05) is 19.2 Å². The molecule has 0 saturated carbocycles. The topological polar surface area (TPSA) is 32.3 Å². The van der Waals surface area contributed by atoms with Crippen LogP contribution in [-0.4, -0.2) is 24.9 Å². The van der Waals surface area contributed by atoms with E-state index in [1.165, 1.54) is 24.3 Å². The van der Waals surface area contributed by atoms with E-state index < -0.39 is 17.6 Å². The number of halogens is 4. The third kappa shape index (κ3) is 6.41. The molecule has 0 fully saturated rings. The van der Waals surface area contributed by atoms with E-state index in [0.29, 0.717) is 6.54 Å². The summed E-state index contributed by atoms with van der Waals surface area (Å²) in [5.74, 6) is -0.391. The largest absolute Gasteiger partial charge is 0.417 e. The zero-order chi connectivity index (χ0) is 20.0. The van der Waals surface area contributed by atoms with Crippen molar-refractivity contribution in [2.75, 3.05) is 14.1 Å². The van der Waals surface area contributed by atoms with Crippen LogP contribution in [0.1, 0.15) is 22.3 Å². The Balaban J connectivity index is 2.03. The van der Waals surface area contributed by atoms with Crippen molar-refractivity contribution in [3.05, 3.63) is 75.8 Å². The van der Waals surface area contributed by atoms with Crippen molar-refractivity contribution in [2.45, 2.75) is 19.3 Å². The lowest BCUT2D eigenvalue weighted by atomic mass is 10.1. The first kappa shape index (κ1) is 21.0. The summed E-state index contributed by atoms with van der Waals surface area (Å²) in [7, 11) is 3.92. The first-order valence-corrected chi connectivity index (χ1v) is 8.59. The van der Waals surface area contributed by atoms with E-state index in [0.717, 1.165) is 23.7 Å². The highest BCUT2D eigenvalue weighted by Crippen LogP contribution is 2.35. The molecule has 0 radical (unpaired) electrons. The van der Waals surface area contributed by atoms with Crippen LogP contribution in [0.2, 0.25) is 5.02 Å². The third-order valence-electron chi connectivity index (χ3n) is 3.78. The molecule has 0 aliphatic heterocycles. The summed E-state index contributed by atoms with van der Waals surface area (Å²) < 4.78 is 38.6. The second kappa shape index (κ2) is 9.06. The summed E-state index contributed by atoms with van der Waals surface area (Å²) in [4.78, 5) is 14.0. The van der Waals surface area contributed by atoms with Gasteiger partial charge in [-0.1, -0.05) is 41.9 Å². The zero-order valence-corrected chi connectivity index (χ0v) is 15.7. The maximum atomic E-state index is 12.9. The van der Waals surface area contributed by atoms with Crippen LogP contribution in [-0.2, 0) is 24.1 Å². The van der Waals surface area contributed by atoms with Gasteiger partial charge in [0.05, 0.1) is 10.6 Å². The van der Waals surface area contributed by atoms with Gasteiger partial charge in [0.1, 0.15) is 0 Å². The van der Waals surface area contributed by atoms with Crippen molar-refractivity contribution in [3.8, 4) is 0 Å². The van der Waals surface area contributed by atoms with Crippen LogP contribution < -0.4 is 5.32 Å². The number of benzene rings is 2. The molecular weight excluding hydrogens is 377 g/mol. The SMILES string of the molecule is CN(C)Cc1ccccc1CNC(=O)/C=C/c1ccc(Cl)c(C(F)(F)F)c1. The summed E-state index contributed by atoms with van der Waals surface area (Å²) in [6.45, 7) is 1.08. The summed E-state index contributed by atoms with van der Waals surface area (Å²) in [5.41, 5.74) is 1.40. The minimum absolute atomic E-state index is 0.245. The highest BCUT2D eigenvalue weighted by atomic mass is 35.5. The molecule has 0 unspecified atom stereocenters. The Morgan fingerprint density at radius 1 is 1.15 bits per heavy atom. The summed E-state index contributed by atoms with van der Waals surface area (Å²) in [5, 5.41) is 2.37. The maximum Gasteiger partial charge on any atom is 0.417 e. The molecular formula is C20H20ClF3N2O. The molecule has 2 rings (SSSR count). The van der Waals surface area contributed by atoms with Gasteiger partial charge in [0.2, 0.25) is 5.91 Å². The van der Waals surface area contributed by atoms with E-state index in [4.69, 9.17) is 11.6 Å². The first-order valence-electron chi connectivity index (χ1n) is 8.21. The highest BCUT2D eigenvalue weighted by Gasteiger charge is 2.33. The monoisotopic (exact) mass is 396 g/mol. The Bertz CT molecular complexity index is 832. The van der Waals surface area contributed by atoms with Crippen molar-refractivity contribution in [1.82, 2.24) is 10.2 Å². The number of carbonyl (C=O) groups excluding carboxylic acids is 1. The fourth-order valence-electron chi connectivity index (χ4n) is 2.50. The Hall–Kier alpha value is -2.31. The fourth-order valence-corrected chi connectivity index (χ4v) is 2.73. The van der Waals surface area contributed by atoms with Crippen LogP contribution in [0.4, 0.5) is 13.2 Å². The molecule has 0 atom stereocenters. The summed E-state index contributed by atoms with van der Waals surface area (Å²) in [6, 6.07) is 11.2. The normalized spacial score (nSPS) is 12.0. The molecule has 27 heavy (non-hydrogen) atoms. The summed E-state index contributed by atoms with van der Waals surface area (Å²) in [6.07, 6.45) is -2.01. The minimum atomic E-state index is -4.54. The molecule has 0 aromatic heterocycles. The van der Waals surface area contributed by atoms with Gasteiger partial charge in [-0.25, -0.2) is 0 Å². The van der Waals surface area contributed by atoms with Crippen LogP contribution in [0.25, 0.3) is 6.08 Å². The van der Waals surface area contributed by atoms with E-state index in [9.17, 15) is 18.0 Å². The lowest BCUT2D eigenvalue weighted by Crippen LogP contribution is -2.22. The van der Waals surface area contributed by atoms with Gasteiger partial charge in [0.15, 0.2) is 0 Å². The predicted molar refractivity (Wildman–Crippen MR) is 101 cm³/mol. The number of nitrogens with zero attached hydrogens (tertiary/aromatic N) is 1. The quantitative estimate of drug-likeness (QED) is 0.715. The lowest BCUT2D eigenvalue weighted by Gasteiger charge is -2.14. The molecule has 2 aromatic rings. The van der Waals surface area contributed by atoms with Gasteiger partial charge >= 0.3 is 6.18 Å². The fraction of sp³-hybridized carbons (Fsp3) is 0.250. The lowest BCUT2D eigenvalue weighted by molar-refractivity contribution is -0.137.